The number of aliphatic hydroxyl groups excluding tert-OH is 6. The van der Waals surface area contributed by atoms with Gasteiger partial charge in [0.2, 0.25) is 23.5 Å². The van der Waals surface area contributed by atoms with Crippen molar-refractivity contribution in [3.8, 4) is 0 Å². The van der Waals surface area contributed by atoms with Crippen molar-refractivity contribution in [2.24, 2.45) is 0 Å². The van der Waals surface area contributed by atoms with Crippen molar-refractivity contribution < 1.29 is 74.1 Å². The summed E-state index contributed by atoms with van der Waals surface area (Å²) >= 11 is 0. The van der Waals surface area contributed by atoms with E-state index in [-0.39, 0.29) is 81.0 Å². The lowest BCUT2D eigenvalue weighted by Gasteiger charge is -2.39. The Balaban J connectivity index is 0.919. The third-order valence-corrected chi connectivity index (χ3v) is 11.8. The number of amides is 3. The van der Waals surface area contributed by atoms with Crippen LogP contribution < -0.4 is 32.3 Å². The highest BCUT2D eigenvalue weighted by Gasteiger charge is 2.47. The molecule has 1 saturated heterocycles. The van der Waals surface area contributed by atoms with Gasteiger partial charge in [-0.15, -0.1) is 10.2 Å². The second-order valence-electron chi connectivity index (χ2n) is 17.3. The Hall–Kier alpha value is -7.33. The first-order valence-corrected chi connectivity index (χ1v) is 23.0. The number of benzene rings is 1. The highest BCUT2D eigenvalue weighted by Crippen LogP contribution is 2.29. The zero-order valence-electron chi connectivity index (χ0n) is 40.0. The molecule has 31 nitrogen and oxygen atoms in total. The molecule has 2 aliphatic heterocycles. The molecule has 0 spiro atoms. The van der Waals surface area contributed by atoms with E-state index in [0.29, 0.717) is 34.8 Å². The number of nitrogens with one attached hydrogen (secondary N) is 3. The van der Waals surface area contributed by atoms with Crippen LogP contribution in [0.1, 0.15) is 47.2 Å². The number of nitrogens with two attached hydrogens (primary N) is 2. The van der Waals surface area contributed by atoms with E-state index in [1.807, 2.05) is 11.9 Å². The van der Waals surface area contributed by atoms with Gasteiger partial charge in [-0.05, 0) is 37.6 Å². The number of aromatic nitrogens is 10. The quantitative estimate of drug-likeness (QED) is 0.0156. The fourth-order valence-corrected chi connectivity index (χ4v) is 7.50. The number of hydrogen-bond donors (Lipinski definition) is 12. The van der Waals surface area contributed by atoms with Crippen LogP contribution in [0.4, 0.5) is 17.5 Å². The number of aliphatic hydroxyl groups is 7. The number of ether oxygens (including phenoxy) is 3. The second kappa shape index (κ2) is 24.6. The third kappa shape index (κ3) is 13.6. The van der Waals surface area contributed by atoms with Gasteiger partial charge in [0, 0.05) is 24.7 Å². The van der Waals surface area contributed by atoms with Crippen LogP contribution >= 0.6 is 0 Å². The molecule has 7 unspecified atom stereocenters. The van der Waals surface area contributed by atoms with E-state index in [1.54, 1.807) is 36.7 Å². The van der Waals surface area contributed by atoms with Gasteiger partial charge in [0.1, 0.15) is 60.3 Å². The van der Waals surface area contributed by atoms with Crippen LogP contribution in [-0.4, -0.2) is 191 Å². The standard InChI is InChI=1S/C43H58N16O15/c1-43(69)30(20-61)71-21-29(36(43)66)74-72-12-10-59-17-24(53-56-59)14-46-31(62)8-7-27(40(68)48-15-25-18-58(55-54-25)9-11-70-41-35(65)34(64)33(63)28(19-60)73-41)50-39(67)22-3-5-26(6-4-22)57(2)16-23-13-47-38-32(49-23)37(44)51-42(45)52-38/h3-6,13,17-18,21,27-28,30,33-36,41,60-61,63-66,69H,7-12,14-16,19-20H2,1-2H3,(H,46,62)(H,48,68)(H,50,67)(H4,44,45,47,51,52)/t27?,28?,30?,33-,34?,35?,36?,41-,43?/m1/s1. The molecule has 1 aromatic carbocycles. The lowest BCUT2D eigenvalue weighted by molar-refractivity contribution is -0.301. The third-order valence-electron chi connectivity index (χ3n) is 11.8. The van der Waals surface area contributed by atoms with Gasteiger partial charge in [0.05, 0.1) is 76.8 Å². The van der Waals surface area contributed by atoms with Crippen molar-refractivity contribution in [2.75, 3.05) is 49.8 Å². The number of anilines is 3. The molecule has 5 aromatic rings. The fraction of sp³-hybridized carbons (Fsp3) is 0.512. The van der Waals surface area contributed by atoms with Gasteiger partial charge in [-0.25, -0.2) is 19.3 Å². The maximum atomic E-state index is 13.7. The number of carbonyl (C=O) groups excluding carboxylic acids is 3. The van der Waals surface area contributed by atoms with Crippen molar-refractivity contribution in [1.29, 1.82) is 0 Å². The first kappa shape index (κ1) is 54.4. The molecule has 0 saturated carbocycles. The largest absolute Gasteiger partial charge is 0.489 e. The van der Waals surface area contributed by atoms with E-state index in [4.69, 9.17) is 35.5 Å². The predicted octanol–water partition coefficient (Wildman–Crippen LogP) is -4.98. The average Bonchev–Trinajstić information content (AvgIpc) is 4.05. The molecule has 0 bridgehead atoms. The Kier molecular flexibility index (Phi) is 18.1. The van der Waals surface area contributed by atoms with Crippen LogP contribution in [-0.2, 0) is 66.3 Å². The molecule has 0 radical (unpaired) electrons. The number of rotatable bonds is 24. The Labute approximate surface area is 420 Å². The Morgan fingerprint density at radius 3 is 2.27 bits per heavy atom. The van der Waals surface area contributed by atoms with Crippen molar-refractivity contribution in [3.05, 3.63) is 77.5 Å². The van der Waals surface area contributed by atoms with Gasteiger partial charge in [-0.3, -0.25) is 14.4 Å². The van der Waals surface area contributed by atoms with Crippen molar-refractivity contribution in [3.63, 3.8) is 0 Å². The fourth-order valence-electron chi connectivity index (χ4n) is 7.50. The number of nitrogen functional groups attached to an aromatic ring is 2. The van der Waals surface area contributed by atoms with Crippen molar-refractivity contribution in [1.82, 2.24) is 65.9 Å². The Bertz CT molecular complexity index is 2730. The number of fused-ring (bicyclic) bond motifs is 1. The SMILES string of the molecule is CN(Cc1cnc2nc(N)nc(N)c2n1)c1ccc(C(=O)NC(CCC(=O)NCc2cn(CCOOC3=COC(CO)C(C)(O)C3O)nn2)C(=O)NCc2cn(CCO[C@@H]3OC(CO)[C@@H](O)C(O)C3O)nn2)cc1. The minimum atomic E-state index is -1.83. The van der Waals surface area contributed by atoms with E-state index in [1.165, 1.54) is 22.5 Å². The first-order valence-electron chi connectivity index (χ1n) is 23.0. The van der Waals surface area contributed by atoms with Gasteiger partial charge in [0.15, 0.2) is 35.5 Å². The van der Waals surface area contributed by atoms with Crippen LogP contribution in [0, 0.1) is 0 Å². The van der Waals surface area contributed by atoms with Crippen LogP contribution in [0.5, 0.6) is 0 Å². The predicted molar refractivity (Wildman–Crippen MR) is 250 cm³/mol. The van der Waals surface area contributed by atoms with E-state index in [2.05, 4.69) is 56.5 Å². The van der Waals surface area contributed by atoms with Gasteiger partial charge in [-0.2, -0.15) is 14.9 Å². The molecular weight excluding hydrogens is 981 g/mol. The first-order chi connectivity index (χ1) is 35.4. The molecule has 1 fully saturated rings. The zero-order valence-corrected chi connectivity index (χ0v) is 40.0. The normalized spacial score (nSPS) is 23.1. The van der Waals surface area contributed by atoms with E-state index in [0.717, 1.165) is 6.26 Å². The maximum absolute atomic E-state index is 13.7. The lowest BCUT2D eigenvalue weighted by atomic mass is 9.90. The van der Waals surface area contributed by atoms with E-state index < -0.39 is 85.5 Å². The molecule has 7 rings (SSSR count). The van der Waals surface area contributed by atoms with E-state index >= 15 is 0 Å². The molecular formula is C43H58N16O15. The molecule has 3 amide bonds. The monoisotopic (exact) mass is 1040 g/mol. The number of nitrogens with zero attached hydrogens (tertiary/aromatic N) is 11. The summed E-state index contributed by atoms with van der Waals surface area (Å²) in [5.41, 5.74) is 12.6. The minimum absolute atomic E-state index is 0.0219. The van der Waals surface area contributed by atoms with Gasteiger partial charge < -0.3 is 87.2 Å². The lowest BCUT2D eigenvalue weighted by Crippen LogP contribution is -2.59. The van der Waals surface area contributed by atoms with Gasteiger partial charge in [0.25, 0.3) is 5.91 Å². The molecule has 14 N–H and O–H groups in total. The molecule has 0 aliphatic carbocycles. The summed E-state index contributed by atoms with van der Waals surface area (Å²) in [6.45, 7) is 0.331. The summed E-state index contributed by atoms with van der Waals surface area (Å²) in [6, 6.07) is 5.34. The maximum Gasteiger partial charge on any atom is 0.251 e. The summed E-state index contributed by atoms with van der Waals surface area (Å²) in [5.74, 6) is -1.84. The summed E-state index contributed by atoms with van der Waals surface area (Å²) in [6.07, 6.45) is -4.50. The molecule has 400 valence electrons. The molecule has 4 aromatic heterocycles. The van der Waals surface area contributed by atoms with E-state index in [9.17, 15) is 50.1 Å². The minimum Gasteiger partial charge on any atom is -0.489 e. The van der Waals surface area contributed by atoms with Crippen LogP contribution in [0.3, 0.4) is 0 Å². The highest BCUT2D eigenvalue weighted by molar-refractivity contribution is 5.98. The van der Waals surface area contributed by atoms with Gasteiger partial charge >= 0.3 is 0 Å². The van der Waals surface area contributed by atoms with Crippen molar-refractivity contribution >= 4 is 46.3 Å². The zero-order chi connectivity index (χ0) is 53.1. The number of carbonyl (C=O) groups is 3. The summed E-state index contributed by atoms with van der Waals surface area (Å²) in [4.78, 5) is 69.4. The summed E-state index contributed by atoms with van der Waals surface area (Å²) in [7, 11) is 1.81. The topological polar surface area (TPSA) is 443 Å². The van der Waals surface area contributed by atoms with Crippen LogP contribution in [0.15, 0.2) is 54.9 Å². The molecule has 2 aliphatic rings. The highest BCUT2D eigenvalue weighted by atomic mass is 17.2. The Morgan fingerprint density at radius 1 is 0.892 bits per heavy atom. The molecule has 6 heterocycles. The summed E-state index contributed by atoms with van der Waals surface area (Å²) < 4.78 is 18.9. The van der Waals surface area contributed by atoms with Crippen molar-refractivity contribution in [2.45, 2.75) is 107 Å². The molecule has 74 heavy (non-hydrogen) atoms. The molecule has 9 atom stereocenters. The van der Waals surface area contributed by atoms with Gasteiger partial charge in [-0.1, -0.05) is 10.4 Å². The number of hydrogen-bond acceptors (Lipinski definition) is 26. The average molecular weight is 1040 g/mol. The van der Waals surface area contributed by atoms with Crippen LogP contribution in [0.25, 0.3) is 11.2 Å². The Morgan fingerprint density at radius 2 is 1.58 bits per heavy atom. The van der Waals surface area contributed by atoms with Crippen LogP contribution in [0.2, 0.25) is 0 Å². The molecule has 31 heteroatoms. The second-order valence-corrected chi connectivity index (χ2v) is 17.3. The smallest absolute Gasteiger partial charge is 0.251 e. The summed E-state index contributed by atoms with van der Waals surface area (Å²) in [5, 5.41) is 94.1.